The van der Waals surface area contributed by atoms with Gasteiger partial charge in [-0.3, -0.25) is 4.79 Å². The lowest BCUT2D eigenvalue weighted by Crippen LogP contribution is -2.65. The molecule has 0 aromatic rings. The van der Waals surface area contributed by atoms with Gasteiger partial charge >= 0.3 is 0 Å². The zero-order valence-corrected chi connectivity index (χ0v) is 30.8. The van der Waals surface area contributed by atoms with Crippen molar-refractivity contribution in [2.45, 2.75) is 164 Å². The second-order valence-electron chi connectivity index (χ2n) is 13.3. The number of aliphatic hydroxyl groups excluding tert-OH is 8. The average Bonchev–Trinajstić information content (AvgIpc) is 3.14. The van der Waals surface area contributed by atoms with Crippen LogP contribution in [0.1, 0.15) is 90.9 Å². The number of amides is 1. The summed E-state index contributed by atoms with van der Waals surface area (Å²) in [5, 5.41) is 85.3. The third-order valence-electron chi connectivity index (χ3n) is 9.00. The van der Waals surface area contributed by atoms with Crippen molar-refractivity contribution in [3.63, 3.8) is 0 Å². The van der Waals surface area contributed by atoms with E-state index in [1.54, 1.807) is 12.2 Å². The Balaban J connectivity index is 1.85. The summed E-state index contributed by atoms with van der Waals surface area (Å²) in [7, 11) is 0. The number of hydrogen-bond donors (Lipinski definition) is 9. The SMILES string of the molecule is CC/C=C\C/C=C\C/C=C\CCCCCCCC(=O)NC(COC1OC(CO)C(OC2OC(CO)C(O)C(O)C2O)C(O)C1O)C(O)/C=C/CCC. The summed E-state index contributed by atoms with van der Waals surface area (Å²) in [6, 6.07) is -0.918. The fourth-order valence-corrected chi connectivity index (χ4v) is 5.84. The average molecular weight is 744 g/mol. The summed E-state index contributed by atoms with van der Waals surface area (Å²) in [4.78, 5) is 12.9. The molecule has 2 fully saturated rings. The predicted molar refractivity (Wildman–Crippen MR) is 194 cm³/mol. The van der Waals surface area contributed by atoms with Crippen molar-refractivity contribution in [3.8, 4) is 0 Å². The molecule has 2 aliphatic rings. The largest absolute Gasteiger partial charge is 0.394 e. The smallest absolute Gasteiger partial charge is 0.220 e. The highest BCUT2D eigenvalue weighted by atomic mass is 16.7. The highest BCUT2D eigenvalue weighted by molar-refractivity contribution is 5.76. The topological polar surface area (TPSA) is 228 Å². The van der Waals surface area contributed by atoms with Crippen molar-refractivity contribution in [3.05, 3.63) is 48.6 Å². The molecule has 2 rings (SSSR count). The first-order chi connectivity index (χ1) is 25.1. The van der Waals surface area contributed by atoms with Gasteiger partial charge in [0, 0.05) is 6.42 Å². The van der Waals surface area contributed by atoms with Crippen LogP contribution in [0, 0.1) is 0 Å². The number of hydrogen-bond acceptors (Lipinski definition) is 13. The summed E-state index contributed by atoms with van der Waals surface area (Å²) in [5.41, 5.74) is 0. The number of rotatable bonds is 25. The molecule has 14 heteroatoms. The van der Waals surface area contributed by atoms with Crippen LogP contribution in [-0.2, 0) is 23.7 Å². The van der Waals surface area contributed by atoms with Crippen LogP contribution >= 0.6 is 0 Å². The van der Waals surface area contributed by atoms with E-state index in [4.69, 9.17) is 18.9 Å². The Morgan fingerprint density at radius 1 is 0.712 bits per heavy atom. The summed E-state index contributed by atoms with van der Waals surface area (Å²) in [6.07, 6.45) is 9.95. The molecule has 14 nitrogen and oxygen atoms in total. The fraction of sp³-hybridized carbons (Fsp3) is 0.763. The van der Waals surface area contributed by atoms with Gasteiger partial charge in [0.05, 0.1) is 32.0 Å². The zero-order valence-electron chi connectivity index (χ0n) is 30.8. The normalized spacial score (nSPS) is 31.3. The molecule has 0 aliphatic carbocycles. The number of nitrogens with one attached hydrogen (secondary N) is 1. The number of allylic oxidation sites excluding steroid dienone is 7. The molecule has 9 N–H and O–H groups in total. The van der Waals surface area contributed by atoms with E-state index in [1.165, 1.54) is 0 Å². The number of unbranched alkanes of at least 4 members (excludes halogenated alkanes) is 6. The lowest BCUT2D eigenvalue weighted by molar-refractivity contribution is -0.359. The number of carbonyl (C=O) groups excluding carboxylic acids is 1. The molecule has 2 heterocycles. The van der Waals surface area contributed by atoms with Gasteiger partial charge in [0.1, 0.15) is 48.8 Å². The van der Waals surface area contributed by atoms with Gasteiger partial charge in [-0.1, -0.05) is 88.1 Å². The molecule has 0 radical (unpaired) electrons. The van der Waals surface area contributed by atoms with Crippen molar-refractivity contribution < 1.29 is 64.6 Å². The summed E-state index contributed by atoms with van der Waals surface area (Å²) < 4.78 is 22.3. The minimum absolute atomic E-state index is 0.256. The maximum absolute atomic E-state index is 12.9. The molecule has 0 bridgehead atoms. The molecular weight excluding hydrogens is 678 g/mol. The predicted octanol–water partition coefficient (Wildman–Crippen LogP) is 1.42. The zero-order chi connectivity index (χ0) is 38.3. The van der Waals surface area contributed by atoms with Gasteiger partial charge in [-0.05, 0) is 44.9 Å². The lowest BCUT2D eigenvalue weighted by atomic mass is 9.97. The van der Waals surface area contributed by atoms with Crippen molar-refractivity contribution >= 4 is 5.91 Å². The Hall–Kier alpha value is -2.05. The summed E-state index contributed by atoms with van der Waals surface area (Å²) in [5.74, 6) is -0.274. The van der Waals surface area contributed by atoms with E-state index in [1.807, 2.05) is 6.92 Å². The molecule has 1 amide bonds. The van der Waals surface area contributed by atoms with E-state index < -0.39 is 86.8 Å². The van der Waals surface area contributed by atoms with Crippen LogP contribution in [0.25, 0.3) is 0 Å². The lowest BCUT2D eigenvalue weighted by Gasteiger charge is -2.46. The first-order valence-corrected chi connectivity index (χ1v) is 18.9. The molecule has 300 valence electrons. The number of aliphatic hydroxyl groups is 8. The standard InChI is InChI=1S/C38H65NO13/c1-3-5-7-8-9-10-11-12-13-14-15-16-17-18-20-22-30(43)39-26(27(42)21-19-6-4-2)25-49-37-35(48)33(46)36(29(24-41)51-37)52-38-34(47)32(45)31(44)28(23-40)50-38/h5,7,9-10,12-13,19,21,26-29,31-38,40-42,44-48H,3-4,6,8,11,14-18,20,22-25H2,1-2H3,(H,39,43)/b7-5-,10-9-,13-12-,21-19+. The van der Waals surface area contributed by atoms with Gasteiger partial charge in [-0.15, -0.1) is 0 Å². The van der Waals surface area contributed by atoms with Gasteiger partial charge in [-0.2, -0.15) is 0 Å². The quantitative estimate of drug-likeness (QED) is 0.0477. The second kappa shape index (κ2) is 26.7. The van der Waals surface area contributed by atoms with Gasteiger partial charge in [0.2, 0.25) is 5.91 Å². The summed E-state index contributed by atoms with van der Waals surface area (Å²) >= 11 is 0. The van der Waals surface area contributed by atoms with E-state index in [0.717, 1.165) is 57.8 Å². The minimum Gasteiger partial charge on any atom is -0.394 e. The Bertz CT molecular complexity index is 1070. The van der Waals surface area contributed by atoms with Gasteiger partial charge < -0.3 is 65.1 Å². The van der Waals surface area contributed by atoms with Crippen molar-refractivity contribution in [1.29, 1.82) is 0 Å². The first kappa shape index (κ1) is 46.1. The molecule has 2 aliphatic heterocycles. The van der Waals surface area contributed by atoms with Gasteiger partial charge in [0.25, 0.3) is 0 Å². The third-order valence-corrected chi connectivity index (χ3v) is 9.00. The molecule has 12 unspecified atom stereocenters. The maximum atomic E-state index is 12.9. The number of ether oxygens (including phenoxy) is 4. The van der Waals surface area contributed by atoms with Crippen LogP contribution in [0.4, 0.5) is 0 Å². The monoisotopic (exact) mass is 743 g/mol. The van der Waals surface area contributed by atoms with Crippen LogP contribution < -0.4 is 5.32 Å². The van der Waals surface area contributed by atoms with Gasteiger partial charge in [0.15, 0.2) is 12.6 Å². The molecule has 2 saturated heterocycles. The third kappa shape index (κ3) is 16.1. The van der Waals surface area contributed by atoms with E-state index in [9.17, 15) is 45.6 Å². The Morgan fingerprint density at radius 2 is 1.33 bits per heavy atom. The van der Waals surface area contributed by atoms with E-state index >= 15 is 0 Å². The molecule has 0 aromatic carbocycles. The van der Waals surface area contributed by atoms with E-state index in [0.29, 0.717) is 12.8 Å². The molecule has 0 aromatic heterocycles. The van der Waals surface area contributed by atoms with Crippen LogP contribution in [0.2, 0.25) is 0 Å². The molecular formula is C38H65NO13. The highest BCUT2D eigenvalue weighted by Gasteiger charge is 2.50. The van der Waals surface area contributed by atoms with Crippen LogP contribution in [0.3, 0.4) is 0 Å². The molecule has 12 atom stereocenters. The molecule has 0 saturated carbocycles. The van der Waals surface area contributed by atoms with Crippen molar-refractivity contribution in [1.82, 2.24) is 5.32 Å². The van der Waals surface area contributed by atoms with E-state index in [-0.39, 0.29) is 18.9 Å². The second-order valence-corrected chi connectivity index (χ2v) is 13.3. The Kier molecular flexibility index (Phi) is 23.7. The molecule has 0 spiro atoms. The Labute approximate surface area is 308 Å². The first-order valence-electron chi connectivity index (χ1n) is 18.9. The Morgan fingerprint density at radius 3 is 2.00 bits per heavy atom. The van der Waals surface area contributed by atoms with Gasteiger partial charge in [-0.25, -0.2) is 0 Å². The van der Waals surface area contributed by atoms with Crippen molar-refractivity contribution in [2.75, 3.05) is 19.8 Å². The van der Waals surface area contributed by atoms with Crippen LogP contribution in [0.15, 0.2) is 48.6 Å². The number of carbonyl (C=O) groups is 1. The van der Waals surface area contributed by atoms with Crippen LogP contribution in [0.5, 0.6) is 0 Å². The van der Waals surface area contributed by atoms with Crippen LogP contribution in [-0.4, -0.2) is 140 Å². The highest BCUT2D eigenvalue weighted by Crippen LogP contribution is 2.29. The maximum Gasteiger partial charge on any atom is 0.220 e. The van der Waals surface area contributed by atoms with Crippen molar-refractivity contribution in [2.24, 2.45) is 0 Å². The van der Waals surface area contributed by atoms with E-state index in [2.05, 4.69) is 48.7 Å². The molecule has 52 heavy (non-hydrogen) atoms. The minimum atomic E-state index is -1.79. The fourth-order valence-electron chi connectivity index (χ4n) is 5.84. The summed E-state index contributed by atoms with van der Waals surface area (Å²) in [6.45, 7) is 2.37.